The maximum atomic E-state index is 11.6. The van der Waals surface area contributed by atoms with Crippen molar-refractivity contribution >= 4 is 5.78 Å². The van der Waals surface area contributed by atoms with Crippen LogP contribution < -0.4 is 0 Å². The van der Waals surface area contributed by atoms with Crippen LogP contribution in [0.25, 0.3) is 0 Å². The molecule has 0 bridgehead atoms. The number of rotatable bonds is 1. The van der Waals surface area contributed by atoms with Crippen LogP contribution in [0.1, 0.15) is 46.0 Å². The number of Topliss-reactive ketones (excluding diaryl/α,β-unsaturated/α-hetero) is 1. The van der Waals surface area contributed by atoms with E-state index < -0.39 is 0 Å². The molecule has 0 N–H and O–H groups in total. The lowest BCUT2D eigenvalue weighted by Gasteiger charge is -2.47. The minimum Gasteiger partial charge on any atom is -0.299 e. The fourth-order valence-corrected chi connectivity index (χ4v) is 3.20. The highest BCUT2D eigenvalue weighted by Gasteiger charge is 2.55. The zero-order valence-electron chi connectivity index (χ0n) is 8.10. The molecule has 0 saturated heterocycles. The third kappa shape index (κ3) is 0.884. The molecule has 1 unspecified atom stereocenters. The minimum atomic E-state index is 0.175. The molecule has 0 aromatic rings. The second-order valence-corrected chi connectivity index (χ2v) is 4.84. The first-order valence-corrected chi connectivity index (χ1v) is 5.20. The van der Waals surface area contributed by atoms with Gasteiger partial charge in [-0.2, -0.15) is 0 Å². The Hall–Kier alpha value is -0.330. The van der Waals surface area contributed by atoms with Gasteiger partial charge >= 0.3 is 0 Å². The van der Waals surface area contributed by atoms with Crippen LogP contribution in [0, 0.1) is 17.3 Å². The molecule has 0 aliphatic heterocycles. The van der Waals surface area contributed by atoms with Gasteiger partial charge in [0.25, 0.3) is 0 Å². The largest absolute Gasteiger partial charge is 0.299 e. The monoisotopic (exact) mass is 166 g/mol. The molecule has 0 aromatic heterocycles. The lowest BCUT2D eigenvalue weighted by molar-refractivity contribution is -0.148. The average molecular weight is 166 g/mol. The standard InChI is InChI=1S/C11H18O/c1-8(2)9-7-10(12)11(9)5-3-4-6-11/h8-9H,3-7H2,1-2H3. The van der Waals surface area contributed by atoms with E-state index in [1.165, 1.54) is 25.7 Å². The van der Waals surface area contributed by atoms with Crippen molar-refractivity contribution in [1.29, 1.82) is 0 Å². The first-order valence-electron chi connectivity index (χ1n) is 5.20. The van der Waals surface area contributed by atoms with Gasteiger partial charge < -0.3 is 0 Å². The van der Waals surface area contributed by atoms with Crippen molar-refractivity contribution in [2.75, 3.05) is 0 Å². The molecule has 1 heteroatoms. The molecular weight excluding hydrogens is 148 g/mol. The van der Waals surface area contributed by atoms with Crippen molar-refractivity contribution in [3.63, 3.8) is 0 Å². The summed E-state index contributed by atoms with van der Waals surface area (Å²) in [6.45, 7) is 4.52. The summed E-state index contributed by atoms with van der Waals surface area (Å²) < 4.78 is 0. The molecule has 0 aromatic carbocycles. The third-order valence-corrected chi connectivity index (χ3v) is 3.97. The Balaban J connectivity index is 2.15. The minimum absolute atomic E-state index is 0.175. The summed E-state index contributed by atoms with van der Waals surface area (Å²) in [5.74, 6) is 1.99. The van der Waals surface area contributed by atoms with Gasteiger partial charge in [0.15, 0.2) is 0 Å². The van der Waals surface area contributed by atoms with Crippen molar-refractivity contribution in [3.8, 4) is 0 Å². The smallest absolute Gasteiger partial charge is 0.139 e. The molecule has 0 radical (unpaired) electrons. The number of hydrogen-bond donors (Lipinski definition) is 0. The molecular formula is C11H18O. The second kappa shape index (κ2) is 2.58. The summed E-state index contributed by atoms with van der Waals surface area (Å²) in [4.78, 5) is 11.6. The average Bonchev–Trinajstić information content (AvgIpc) is 2.49. The topological polar surface area (TPSA) is 17.1 Å². The Morgan fingerprint density at radius 3 is 2.33 bits per heavy atom. The number of carbonyl (C=O) groups excluding carboxylic acids is 1. The Kier molecular flexibility index (Phi) is 1.78. The summed E-state index contributed by atoms with van der Waals surface area (Å²) in [5, 5.41) is 0. The summed E-state index contributed by atoms with van der Waals surface area (Å²) >= 11 is 0. The van der Waals surface area contributed by atoms with Gasteiger partial charge in [0.1, 0.15) is 5.78 Å². The lowest BCUT2D eigenvalue weighted by Crippen LogP contribution is -2.50. The van der Waals surface area contributed by atoms with Gasteiger partial charge in [0, 0.05) is 11.8 Å². The van der Waals surface area contributed by atoms with Crippen LogP contribution in [-0.4, -0.2) is 5.78 Å². The van der Waals surface area contributed by atoms with Gasteiger partial charge in [-0.1, -0.05) is 26.7 Å². The normalized spacial score (nSPS) is 32.9. The van der Waals surface area contributed by atoms with Crippen LogP contribution >= 0.6 is 0 Å². The molecule has 2 aliphatic carbocycles. The SMILES string of the molecule is CC(C)C1CC(=O)C12CCCC2. The highest BCUT2D eigenvalue weighted by atomic mass is 16.1. The van der Waals surface area contributed by atoms with Gasteiger partial charge in [-0.05, 0) is 24.7 Å². The molecule has 2 aliphatic rings. The Labute approximate surface area is 74.5 Å². The molecule has 12 heavy (non-hydrogen) atoms. The zero-order chi connectivity index (χ0) is 8.77. The molecule has 1 spiro atoms. The molecule has 0 amide bonds. The molecule has 68 valence electrons. The van der Waals surface area contributed by atoms with Gasteiger partial charge in [-0.3, -0.25) is 4.79 Å². The van der Waals surface area contributed by atoms with E-state index in [0.29, 0.717) is 17.6 Å². The maximum Gasteiger partial charge on any atom is 0.139 e. The summed E-state index contributed by atoms with van der Waals surface area (Å²) in [7, 11) is 0. The van der Waals surface area contributed by atoms with Crippen molar-refractivity contribution < 1.29 is 4.79 Å². The molecule has 1 nitrogen and oxygen atoms in total. The third-order valence-electron chi connectivity index (χ3n) is 3.97. The van der Waals surface area contributed by atoms with E-state index in [-0.39, 0.29) is 5.41 Å². The number of ketones is 1. The van der Waals surface area contributed by atoms with Crippen LogP contribution in [0.4, 0.5) is 0 Å². The van der Waals surface area contributed by atoms with Crippen molar-refractivity contribution in [2.24, 2.45) is 17.3 Å². The summed E-state index contributed by atoms with van der Waals surface area (Å²) in [6.07, 6.45) is 5.82. The zero-order valence-corrected chi connectivity index (χ0v) is 8.10. The molecule has 2 rings (SSSR count). The van der Waals surface area contributed by atoms with Crippen LogP contribution in [0.3, 0.4) is 0 Å². The van der Waals surface area contributed by atoms with Gasteiger partial charge in [-0.25, -0.2) is 0 Å². The van der Waals surface area contributed by atoms with Crippen LogP contribution in [-0.2, 0) is 4.79 Å². The fraction of sp³-hybridized carbons (Fsp3) is 0.909. The highest BCUT2D eigenvalue weighted by molar-refractivity contribution is 5.91. The van der Waals surface area contributed by atoms with Crippen LogP contribution in [0.5, 0.6) is 0 Å². The molecule has 0 heterocycles. The Morgan fingerprint density at radius 2 is 1.92 bits per heavy atom. The van der Waals surface area contributed by atoms with Crippen molar-refractivity contribution in [2.45, 2.75) is 46.0 Å². The van der Waals surface area contributed by atoms with E-state index in [4.69, 9.17) is 0 Å². The lowest BCUT2D eigenvalue weighted by atomic mass is 9.54. The van der Waals surface area contributed by atoms with E-state index in [1.807, 2.05) is 0 Å². The number of hydrogen-bond acceptors (Lipinski definition) is 1. The van der Waals surface area contributed by atoms with E-state index in [2.05, 4.69) is 13.8 Å². The molecule has 1 atom stereocenters. The van der Waals surface area contributed by atoms with Gasteiger partial charge in [-0.15, -0.1) is 0 Å². The first kappa shape index (κ1) is 8.28. The Bertz CT molecular complexity index is 199. The second-order valence-electron chi connectivity index (χ2n) is 4.84. The van der Waals surface area contributed by atoms with E-state index in [1.54, 1.807) is 0 Å². The van der Waals surface area contributed by atoms with E-state index >= 15 is 0 Å². The summed E-state index contributed by atoms with van der Waals surface area (Å²) in [5.41, 5.74) is 0.175. The predicted octanol–water partition coefficient (Wildman–Crippen LogP) is 2.79. The van der Waals surface area contributed by atoms with Crippen LogP contribution in [0.15, 0.2) is 0 Å². The van der Waals surface area contributed by atoms with Crippen LogP contribution in [0.2, 0.25) is 0 Å². The van der Waals surface area contributed by atoms with E-state index in [0.717, 1.165) is 6.42 Å². The van der Waals surface area contributed by atoms with E-state index in [9.17, 15) is 4.79 Å². The highest BCUT2D eigenvalue weighted by Crippen LogP contribution is 2.57. The number of carbonyl (C=O) groups is 1. The van der Waals surface area contributed by atoms with Crippen molar-refractivity contribution in [3.05, 3.63) is 0 Å². The predicted molar refractivity (Wildman–Crippen MR) is 48.9 cm³/mol. The first-order chi connectivity index (χ1) is 5.67. The quantitative estimate of drug-likeness (QED) is 0.585. The fourth-order valence-electron chi connectivity index (χ4n) is 3.20. The van der Waals surface area contributed by atoms with Crippen molar-refractivity contribution in [1.82, 2.24) is 0 Å². The van der Waals surface area contributed by atoms with Gasteiger partial charge in [0.2, 0.25) is 0 Å². The summed E-state index contributed by atoms with van der Waals surface area (Å²) in [6, 6.07) is 0. The van der Waals surface area contributed by atoms with Gasteiger partial charge in [0.05, 0.1) is 0 Å². The Morgan fingerprint density at radius 1 is 1.33 bits per heavy atom. The molecule has 2 saturated carbocycles. The molecule has 2 fully saturated rings. The maximum absolute atomic E-state index is 11.6.